The quantitative estimate of drug-likeness (QED) is 0.826. The number of benzene rings is 1. The fourth-order valence-corrected chi connectivity index (χ4v) is 3.62. The second-order valence-electron chi connectivity index (χ2n) is 6.46. The van der Waals surface area contributed by atoms with Gasteiger partial charge in [0, 0.05) is 10.6 Å². The first-order chi connectivity index (χ1) is 10.9. The SMILES string of the molecule is CC1CCC2(CC1)OC[C@@H](C(=O)[O-])N2C(=O)c1ccc(Cl)cc1. The Hall–Kier alpha value is -1.59. The van der Waals surface area contributed by atoms with Crippen molar-refractivity contribution in [2.75, 3.05) is 6.61 Å². The van der Waals surface area contributed by atoms with Crippen molar-refractivity contribution in [3.8, 4) is 0 Å². The molecule has 1 aromatic rings. The van der Waals surface area contributed by atoms with Crippen LogP contribution < -0.4 is 5.11 Å². The molecule has 1 heterocycles. The number of ether oxygens (including phenoxy) is 1. The summed E-state index contributed by atoms with van der Waals surface area (Å²) in [4.78, 5) is 25.8. The smallest absolute Gasteiger partial charge is 0.256 e. The number of amides is 1. The zero-order valence-corrected chi connectivity index (χ0v) is 13.7. The van der Waals surface area contributed by atoms with Crippen molar-refractivity contribution in [3.63, 3.8) is 0 Å². The van der Waals surface area contributed by atoms with E-state index >= 15 is 0 Å². The molecule has 1 aliphatic carbocycles. The van der Waals surface area contributed by atoms with Gasteiger partial charge < -0.3 is 14.6 Å². The van der Waals surface area contributed by atoms with Crippen LogP contribution in [-0.2, 0) is 9.53 Å². The maximum absolute atomic E-state index is 12.9. The number of hydrogen-bond donors (Lipinski definition) is 0. The average molecular weight is 337 g/mol. The lowest BCUT2D eigenvalue weighted by Crippen LogP contribution is -2.57. The van der Waals surface area contributed by atoms with E-state index in [1.165, 1.54) is 4.90 Å². The molecule has 1 spiro atoms. The van der Waals surface area contributed by atoms with Gasteiger partial charge in [-0.2, -0.15) is 0 Å². The molecule has 6 heteroatoms. The second-order valence-corrected chi connectivity index (χ2v) is 6.89. The fourth-order valence-electron chi connectivity index (χ4n) is 3.49. The molecule has 23 heavy (non-hydrogen) atoms. The van der Waals surface area contributed by atoms with Gasteiger partial charge in [-0.3, -0.25) is 9.69 Å². The highest BCUT2D eigenvalue weighted by Gasteiger charge is 2.51. The molecule has 1 atom stereocenters. The van der Waals surface area contributed by atoms with Crippen LogP contribution in [0.2, 0.25) is 5.02 Å². The lowest BCUT2D eigenvalue weighted by atomic mass is 9.83. The molecule has 0 bridgehead atoms. The van der Waals surface area contributed by atoms with Crippen LogP contribution in [0, 0.1) is 5.92 Å². The van der Waals surface area contributed by atoms with Crippen LogP contribution in [0.5, 0.6) is 0 Å². The zero-order chi connectivity index (χ0) is 16.6. The van der Waals surface area contributed by atoms with E-state index in [9.17, 15) is 14.7 Å². The molecule has 1 aromatic carbocycles. The lowest BCUT2D eigenvalue weighted by Gasteiger charge is -2.43. The minimum Gasteiger partial charge on any atom is -0.548 e. The van der Waals surface area contributed by atoms with Gasteiger partial charge in [-0.05, 0) is 55.9 Å². The Kier molecular flexibility index (Phi) is 4.34. The maximum Gasteiger partial charge on any atom is 0.256 e. The van der Waals surface area contributed by atoms with Crippen LogP contribution in [-0.4, -0.2) is 35.2 Å². The number of carbonyl (C=O) groups is 2. The fraction of sp³-hybridized carbons (Fsp3) is 0.529. The van der Waals surface area contributed by atoms with Crippen molar-refractivity contribution in [1.82, 2.24) is 4.90 Å². The van der Waals surface area contributed by atoms with E-state index in [4.69, 9.17) is 16.3 Å². The maximum atomic E-state index is 12.9. The van der Waals surface area contributed by atoms with Gasteiger partial charge in [0.15, 0.2) is 0 Å². The van der Waals surface area contributed by atoms with E-state index in [0.29, 0.717) is 29.3 Å². The molecule has 0 N–H and O–H groups in total. The standard InChI is InChI=1S/C17H20ClNO4/c1-11-6-8-17(9-7-11)19(14(10-23-17)16(21)22)15(20)12-2-4-13(18)5-3-12/h2-5,11,14H,6-10H2,1H3,(H,21,22)/p-1/t11?,14-,17?/m0/s1. The molecule has 2 aliphatic rings. The van der Waals surface area contributed by atoms with Crippen LogP contribution in [0.25, 0.3) is 0 Å². The summed E-state index contributed by atoms with van der Waals surface area (Å²) in [5, 5.41) is 12.0. The van der Waals surface area contributed by atoms with Crippen molar-refractivity contribution in [2.45, 2.75) is 44.4 Å². The predicted molar refractivity (Wildman–Crippen MR) is 82.7 cm³/mol. The van der Waals surface area contributed by atoms with E-state index in [2.05, 4.69) is 6.92 Å². The zero-order valence-electron chi connectivity index (χ0n) is 13.0. The van der Waals surface area contributed by atoms with E-state index in [1.807, 2.05) is 0 Å². The molecule has 0 unspecified atom stereocenters. The molecular weight excluding hydrogens is 318 g/mol. The number of carbonyl (C=O) groups excluding carboxylic acids is 2. The van der Waals surface area contributed by atoms with E-state index in [-0.39, 0.29) is 12.5 Å². The molecule has 0 radical (unpaired) electrons. The summed E-state index contributed by atoms with van der Waals surface area (Å²) in [6, 6.07) is 5.40. The van der Waals surface area contributed by atoms with Gasteiger partial charge in [0.25, 0.3) is 5.91 Å². The molecule has 1 amide bonds. The van der Waals surface area contributed by atoms with Gasteiger partial charge in [0.1, 0.15) is 5.72 Å². The molecule has 5 nitrogen and oxygen atoms in total. The Morgan fingerprint density at radius 1 is 1.26 bits per heavy atom. The van der Waals surface area contributed by atoms with Crippen LogP contribution in [0.1, 0.15) is 43.0 Å². The van der Waals surface area contributed by atoms with Gasteiger partial charge in [-0.15, -0.1) is 0 Å². The third-order valence-corrected chi connectivity index (χ3v) is 5.15. The first kappa shape index (κ1) is 16.3. The monoisotopic (exact) mass is 336 g/mol. The summed E-state index contributed by atoms with van der Waals surface area (Å²) in [5.41, 5.74) is -0.419. The highest BCUT2D eigenvalue weighted by molar-refractivity contribution is 6.30. The average Bonchev–Trinajstić information content (AvgIpc) is 2.90. The Morgan fingerprint density at radius 3 is 2.43 bits per heavy atom. The van der Waals surface area contributed by atoms with Crippen molar-refractivity contribution in [1.29, 1.82) is 0 Å². The summed E-state index contributed by atoms with van der Waals surface area (Å²) < 4.78 is 5.84. The van der Waals surface area contributed by atoms with Crippen molar-refractivity contribution in [2.24, 2.45) is 5.92 Å². The first-order valence-electron chi connectivity index (χ1n) is 7.87. The summed E-state index contributed by atoms with van der Waals surface area (Å²) in [7, 11) is 0. The van der Waals surface area contributed by atoms with Gasteiger partial charge in [-0.1, -0.05) is 18.5 Å². The Balaban J connectivity index is 1.94. The molecule has 0 aromatic heterocycles. The molecule has 1 aliphatic heterocycles. The number of carboxylic acids is 1. The van der Waals surface area contributed by atoms with Crippen LogP contribution in [0.3, 0.4) is 0 Å². The minimum atomic E-state index is -1.28. The molecule has 2 fully saturated rings. The molecule has 124 valence electrons. The normalized spacial score (nSPS) is 30.6. The van der Waals surface area contributed by atoms with Crippen molar-refractivity contribution < 1.29 is 19.4 Å². The highest BCUT2D eigenvalue weighted by atomic mass is 35.5. The highest BCUT2D eigenvalue weighted by Crippen LogP contribution is 2.42. The predicted octanol–water partition coefficient (Wildman–Crippen LogP) is 1.84. The third-order valence-electron chi connectivity index (χ3n) is 4.90. The van der Waals surface area contributed by atoms with Crippen molar-refractivity contribution in [3.05, 3.63) is 34.9 Å². The summed E-state index contributed by atoms with van der Waals surface area (Å²) in [6.07, 6.45) is 3.11. The number of nitrogens with zero attached hydrogens (tertiary/aromatic N) is 1. The number of rotatable bonds is 2. The molecular formula is C17H19ClNO4-. The minimum absolute atomic E-state index is 0.0178. The van der Waals surface area contributed by atoms with Crippen LogP contribution >= 0.6 is 11.6 Å². The second kappa shape index (κ2) is 6.13. The van der Waals surface area contributed by atoms with E-state index < -0.39 is 17.7 Å². The largest absolute Gasteiger partial charge is 0.548 e. The summed E-state index contributed by atoms with van der Waals surface area (Å²) >= 11 is 5.86. The van der Waals surface area contributed by atoms with Gasteiger partial charge in [-0.25, -0.2) is 0 Å². The molecule has 1 saturated heterocycles. The number of carboxylic acid groups (broad SMARTS) is 1. The summed E-state index contributed by atoms with van der Waals surface area (Å²) in [6.45, 7) is 2.14. The number of aliphatic carboxylic acids is 1. The summed E-state index contributed by atoms with van der Waals surface area (Å²) in [5.74, 6) is -1.07. The Morgan fingerprint density at radius 2 is 1.87 bits per heavy atom. The van der Waals surface area contributed by atoms with Crippen LogP contribution in [0.4, 0.5) is 0 Å². The van der Waals surface area contributed by atoms with Gasteiger partial charge >= 0.3 is 0 Å². The van der Waals surface area contributed by atoms with Gasteiger partial charge in [0.05, 0.1) is 18.6 Å². The molecule has 1 saturated carbocycles. The van der Waals surface area contributed by atoms with E-state index in [0.717, 1.165) is 12.8 Å². The number of hydrogen-bond acceptors (Lipinski definition) is 4. The topological polar surface area (TPSA) is 69.7 Å². The lowest BCUT2D eigenvalue weighted by molar-refractivity contribution is -0.310. The van der Waals surface area contributed by atoms with Gasteiger partial charge in [0.2, 0.25) is 0 Å². The van der Waals surface area contributed by atoms with Crippen LogP contribution in [0.15, 0.2) is 24.3 Å². The molecule has 3 rings (SSSR count). The third kappa shape index (κ3) is 2.95. The number of halogens is 1. The van der Waals surface area contributed by atoms with Crippen molar-refractivity contribution >= 4 is 23.5 Å². The Bertz CT molecular complexity index is 608. The van der Waals surface area contributed by atoms with E-state index in [1.54, 1.807) is 24.3 Å². The first-order valence-corrected chi connectivity index (χ1v) is 8.25. The Labute approximate surface area is 140 Å².